The van der Waals surface area contributed by atoms with Crippen LogP contribution in [0.1, 0.15) is 5.56 Å². The van der Waals surface area contributed by atoms with E-state index in [1.54, 1.807) is 18.2 Å². The molecular formula is C16H15FN2O7. The van der Waals surface area contributed by atoms with Crippen LogP contribution in [0, 0.1) is 15.9 Å². The Kier molecular flexibility index (Phi) is 7.49. The lowest BCUT2D eigenvalue weighted by Crippen LogP contribution is -2.09. The van der Waals surface area contributed by atoms with Crippen molar-refractivity contribution >= 4 is 23.3 Å². The van der Waals surface area contributed by atoms with E-state index in [4.69, 9.17) is 24.5 Å². The summed E-state index contributed by atoms with van der Waals surface area (Å²) in [5.41, 5.74) is 0.868. The van der Waals surface area contributed by atoms with Gasteiger partial charge in [-0.05, 0) is 12.1 Å². The number of carboxylic acids is 2. The molecule has 9 nitrogen and oxygen atoms in total. The molecule has 2 aromatic carbocycles. The van der Waals surface area contributed by atoms with Gasteiger partial charge in [-0.3, -0.25) is 10.1 Å². The number of halogens is 1. The van der Waals surface area contributed by atoms with Gasteiger partial charge in [-0.25, -0.2) is 14.0 Å². The van der Waals surface area contributed by atoms with Gasteiger partial charge < -0.3 is 20.3 Å². The highest BCUT2D eigenvalue weighted by molar-refractivity contribution is 6.27. The number of hydrogen-bond donors (Lipinski definition) is 3. The van der Waals surface area contributed by atoms with Gasteiger partial charge in [0.05, 0.1) is 17.7 Å². The summed E-state index contributed by atoms with van der Waals surface area (Å²) in [6.45, 7) is 0.213. The molecule has 0 spiro atoms. The molecule has 0 saturated carbocycles. The summed E-state index contributed by atoms with van der Waals surface area (Å²) < 4.78 is 18.6. The fraction of sp³-hybridized carbons (Fsp3) is 0.125. The van der Waals surface area contributed by atoms with Gasteiger partial charge in [0.25, 0.3) is 5.69 Å². The molecule has 0 heterocycles. The first kappa shape index (κ1) is 20.4. The van der Waals surface area contributed by atoms with Crippen LogP contribution in [-0.4, -0.2) is 34.2 Å². The van der Waals surface area contributed by atoms with Crippen molar-refractivity contribution in [2.75, 3.05) is 12.4 Å². The van der Waals surface area contributed by atoms with E-state index in [1.165, 1.54) is 31.4 Å². The molecule has 0 radical (unpaired) electrons. The quantitative estimate of drug-likeness (QED) is 0.417. The van der Waals surface area contributed by atoms with Crippen molar-refractivity contribution in [2.45, 2.75) is 6.54 Å². The minimum atomic E-state index is -1.82. The molecule has 3 N–H and O–H groups in total. The number of nitro groups is 1. The smallest absolute Gasteiger partial charge is 0.414 e. The van der Waals surface area contributed by atoms with E-state index in [-0.39, 0.29) is 18.0 Å². The predicted octanol–water partition coefficient (Wildman–Crippen LogP) is 2.51. The number of nitrogens with zero attached hydrogens (tertiary/aromatic N) is 1. The number of carbonyl (C=O) groups is 2. The summed E-state index contributed by atoms with van der Waals surface area (Å²) >= 11 is 0. The zero-order chi connectivity index (χ0) is 19.7. The first-order valence-corrected chi connectivity index (χ1v) is 7.02. The number of anilines is 1. The van der Waals surface area contributed by atoms with Gasteiger partial charge in [0, 0.05) is 24.2 Å². The van der Waals surface area contributed by atoms with Crippen LogP contribution >= 0.6 is 0 Å². The first-order chi connectivity index (χ1) is 12.3. The van der Waals surface area contributed by atoms with Crippen LogP contribution in [0.4, 0.5) is 15.8 Å². The summed E-state index contributed by atoms with van der Waals surface area (Å²) in [6.07, 6.45) is 0. The minimum Gasteiger partial charge on any atom is -0.495 e. The van der Waals surface area contributed by atoms with Gasteiger partial charge in [0.1, 0.15) is 11.6 Å². The summed E-state index contributed by atoms with van der Waals surface area (Å²) in [6, 6.07) is 10.6. The molecule has 0 aliphatic heterocycles. The van der Waals surface area contributed by atoms with E-state index in [1.807, 2.05) is 0 Å². The third kappa shape index (κ3) is 6.07. The predicted molar refractivity (Wildman–Crippen MR) is 88.6 cm³/mol. The molecule has 2 rings (SSSR count). The van der Waals surface area contributed by atoms with Crippen LogP contribution in [0.15, 0.2) is 42.5 Å². The second kappa shape index (κ2) is 9.57. The summed E-state index contributed by atoms with van der Waals surface area (Å²) in [5.74, 6) is -3.51. The van der Waals surface area contributed by atoms with Crippen LogP contribution in [0.5, 0.6) is 5.75 Å². The molecule has 0 atom stereocenters. The summed E-state index contributed by atoms with van der Waals surface area (Å²) in [4.78, 5) is 28.5. The average Bonchev–Trinajstić information content (AvgIpc) is 2.61. The van der Waals surface area contributed by atoms with E-state index in [2.05, 4.69) is 5.32 Å². The third-order valence-corrected chi connectivity index (χ3v) is 3.00. The van der Waals surface area contributed by atoms with Gasteiger partial charge in [-0.2, -0.15) is 0 Å². The van der Waals surface area contributed by atoms with Gasteiger partial charge in [-0.1, -0.05) is 18.2 Å². The number of benzene rings is 2. The number of nitrogens with one attached hydrogen (secondary N) is 1. The molecule has 138 valence electrons. The van der Waals surface area contributed by atoms with Crippen molar-refractivity contribution in [1.29, 1.82) is 0 Å². The Morgan fingerprint density at radius 2 is 1.81 bits per heavy atom. The Labute approximate surface area is 146 Å². The highest BCUT2D eigenvalue weighted by Crippen LogP contribution is 2.29. The highest BCUT2D eigenvalue weighted by atomic mass is 19.1. The van der Waals surface area contributed by atoms with E-state index in [0.717, 1.165) is 0 Å². The fourth-order valence-electron chi connectivity index (χ4n) is 1.78. The second-order valence-corrected chi connectivity index (χ2v) is 4.70. The van der Waals surface area contributed by atoms with Crippen LogP contribution in [0.25, 0.3) is 0 Å². The van der Waals surface area contributed by atoms with Crippen molar-refractivity contribution in [1.82, 2.24) is 0 Å². The molecule has 0 saturated heterocycles. The Hall–Kier alpha value is -3.69. The SMILES string of the molecule is COc1ccc([N+](=O)[O-])cc1NCc1ccccc1F.O=C(O)C(=O)O. The van der Waals surface area contributed by atoms with Crippen LogP contribution in [0.3, 0.4) is 0 Å². The third-order valence-electron chi connectivity index (χ3n) is 3.00. The van der Waals surface area contributed by atoms with Gasteiger partial charge >= 0.3 is 11.9 Å². The van der Waals surface area contributed by atoms with Crippen molar-refractivity contribution in [3.63, 3.8) is 0 Å². The minimum absolute atomic E-state index is 0.0539. The molecule has 0 aliphatic carbocycles. The van der Waals surface area contributed by atoms with Crippen molar-refractivity contribution < 1.29 is 33.9 Å². The normalized spacial score (nSPS) is 9.46. The van der Waals surface area contributed by atoms with Gasteiger partial charge in [0.2, 0.25) is 0 Å². The van der Waals surface area contributed by atoms with Gasteiger partial charge in [-0.15, -0.1) is 0 Å². The average molecular weight is 366 g/mol. The maximum absolute atomic E-state index is 13.5. The molecule has 0 amide bonds. The highest BCUT2D eigenvalue weighted by Gasteiger charge is 2.11. The number of aliphatic carboxylic acids is 2. The van der Waals surface area contributed by atoms with Crippen LogP contribution in [0.2, 0.25) is 0 Å². The Morgan fingerprint density at radius 1 is 1.19 bits per heavy atom. The molecule has 2 aromatic rings. The van der Waals surface area contributed by atoms with E-state index < -0.39 is 16.9 Å². The second-order valence-electron chi connectivity index (χ2n) is 4.70. The van der Waals surface area contributed by atoms with E-state index in [9.17, 15) is 14.5 Å². The number of rotatable bonds is 5. The van der Waals surface area contributed by atoms with Crippen LogP contribution < -0.4 is 10.1 Å². The van der Waals surface area contributed by atoms with Crippen LogP contribution in [-0.2, 0) is 16.1 Å². The van der Waals surface area contributed by atoms with E-state index >= 15 is 0 Å². The number of ether oxygens (including phenoxy) is 1. The number of non-ortho nitro benzene ring substituents is 1. The number of carboxylic acid groups (broad SMARTS) is 2. The molecule has 0 bridgehead atoms. The van der Waals surface area contributed by atoms with Crippen molar-refractivity contribution in [2.24, 2.45) is 0 Å². The Bertz CT molecular complexity index is 799. The molecule has 0 fully saturated rings. The number of hydrogen-bond acceptors (Lipinski definition) is 6. The lowest BCUT2D eigenvalue weighted by molar-refractivity contribution is -0.384. The topological polar surface area (TPSA) is 139 Å². The monoisotopic (exact) mass is 366 g/mol. The molecule has 0 unspecified atom stereocenters. The fourth-order valence-corrected chi connectivity index (χ4v) is 1.78. The number of methoxy groups -OCH3 is 1. The number of nitro benzene ring substituents is 1. The van der Waals surface area contributed by atoms with Gasteiger partial charge in [0.15, 0.2) is 0 Å². The zero-order valence-electron chi connectivity index (χ0n) is 13.5. The molecular weight excluding hydrogens is 351 g/mol. The molecule has 0 aliphatic rings. The molecule has 0 aromatic heterocycles. The summed E-state index contributed by atoms with van der Waals surface area (Å²) in [7, 11) is 1.47. The zero-order valence-corrected chi connectivity index (χ0v) is 13.5. The Balaban J connectivity index is 0.000000487. The largest absolute Gasteiger partial charge is 0.495 e. The molecule has 10 heteroatoms. The lowest BCUT2D eigenvalue weighted by Gasteiger charge is -2.11. The first-order valence-electron chi connectivity index (χ1n) is 7.02. The van der Waals surface area contributed by atoms with Crippen molar-refractivity contribution in [3.8, 4) is 5.75 Å². The maximum atomic E-state index is 13.5. The Morgan fingerprint density at radius 3 is 2.31 bits per heavy atom. The summed E-state index contributed by atoms with van der Waals surface area (Å²) in [5, 5.41) is 28.5. The standard InChI is InChI=1S/C14H13FN2O3.C2H2O4/c1-20-14-7-6-11(17(18)19)8-13(14)16-9-10-4-2-3-5-12(10)15;3-1(4)2(5)6/h2-8,16H,9H2,1H3;(H,3,4)(H,5,6). The molecule has 26 heavy (non-hydrogen) atoms. The maximum Gasteiger partial charge on any atom is 0.414 e. The van der Waals surface area contributed by atoms with Crippen molar-refractivity contribution in [3.05, 3.63) is 64.0 Å². The lowest BCUT2D eigenvalue weighted by atomic mass is 10.2. The van der Waals surface area contributed by atoms with E-state index in [0.29, 0.717) is 17.0 Å².